The van der Waals surface area contributed by atoms with Crippen LogP contribution in [-0.4, -0.2) is 30.9 Å². The molecule has 3 aromatic rings. The van der Waals surface area contributed by atoms with Crippen LogP contribution in [0.2, 0.25) is 0 Å². The summed E-state index contributed by atoms with van der Waals surface area (Å²) >= 11 is 1.09. The van der Waals surface area contributed by atoms with Crippen molar-refractivity contribution in [2.75, 3.05) is 0 Å². The number of carboxylic acid groups (broad SMARTS) is 1. The second-order valence-corrected chi connectivity index (χ2v) is 6.52. The van der Waals surface area contributed by atoms with Crippen molar-refractivity contribution in [2.45, 2.75) is 30.3 Å². The van der Waals surface area contributed by atoms with Crippen molar-refractivity contribution >= 4 is 39.7 Å². The lowest BCUT2D eigenvalue weighted by atomic mass is 10.2. The van der Waals surface area contributed by atoms with Gasteiger partial charge in [-0.1, -0.05) is 43.0 Å². The summed E-state index contributed by atoms with van der Waals surface area (Å²) < 4.78 is 1.46. The second kappa shape index (κ2) is 6.52. The maximum atomic E-state index is 12.8. The zero-order valence-corrected chi connectivity index (χ0v) is 14.0. The Bertz CT molecular complexity index is 990. The number of carboxylic acids is 1. The van der Waals surface area contributed by atoms with Gasteiger partial charge in [0.15, 0.2) is 5.16 Å². The molecule has 0 aliphatic carbocycles. The SMILES string of the molecule is C=CCn1c(S[C@@H](CC)C(=O)O)nc2c([nH]c3ccccc32)c1=O. The summed E-state index contributed by atoms with van der Waals surface area (Å²) in [6, 6.07) is 7.53. The van der Waals surface area contributed by atoms with E-state index < -0.39 is 11.2 Å². The first kappa shape index (κ1) is 16.3. The van der Waals surface area contributed by atoms with Gasteiger partial charge in [0.25, 0.3) is 5.56 Å². The molecule has 0 amide bonds. The number of fused-ring (bicyclic) bond motifs is 3. The number of nitrogens with zero attached hydrogens (tertiary/aromatic N) is 2. The molecular weight excluding hydrogens is 326 g/mol. The van der Waals surface area contributed by atoms with E-state index in [4.69, 9.17) is 0 Å². The van der Waals surface area contributed by atoms with E-state index in [1.807, 2.05) is 24.3 Å². The number of H-pyrrole nitrogens is 1. The minimum Gasteiger partial charge on any atom is -0.480 e. The van der Waals surface area contributed by atoms with E-state index in [-0.39, 0.29) is 12.1 Å². The Morgan fingerprint density at radius 2 is 2.25 bits per heavy atom. The highest BCUT2D eigenvalue weighted by atomic mass is 32.2. The molecule has 7 heteroatoms. The number of hydrogen-bond acceptors (Lipinski definition) is 4. The zero-order chi connectivity index (χ0) is 17.3. The number of rotatable bonds is 6. The first-order valence-electron chi connectivity index (χ1n) is 7.58. The fraction of sp³-hybridized carbons (Fsp3) is 0.235. The third-order valence-corrected chi connectivity index (χ3v) is 5.12. The van der Waals surface area contributed by atoms with Gasteiger partial charge in [-0.25, -0.2) is 4.98 Å². The first-order chi connectivity index (χ1) is 11.6. The van der Waals surface area contributed by atoms with E-state index in [1.54, 1.807) is 13.0 Å². The number of para-hydroxylation sites is 1. The van der Waals surface area contributed by atoms with Gasteiger partial charge >= 0.3 is 5.97 Å². The van der Waals surface area contributed by atoms with Gasteiger partial charge in [-0.15, -0.1) is 6.58 Å². The number of nitrogens with one attached hydrogen (secondary N) is 1. The number of benzene rings is 1. The number of carbonyl (C=O) groups is 1. The van der Waals surface area contributed by atoms with Crippen molar-refractivity contribution in [3.05, 3.63) is 47.3 Å². The smallest absolute Gasteiger partial charge is 0.317 e. The molecule has 1 atom stereocenters. The van der Waals surface area contributed by atoms with Crippen LogP contribution in [0.4, 0.5) is 0 Å². The minimum absolute atomic E-state index is 0.223. The van der Waals surface area contributed by atoms with E-state index in [0.717, 1.165) is 22.7 Å². The molecule has 2 N–H and O–H groups in total. The van der Waals surface area contributed by atoms with E-state index >= 15 is 0 Å². The van der Waals surface area contributed by atoms with Crippen LogP contribution < -0.4 is 5.56 Å². The first-order valence-corrected chi connectivity index (χ1v) is 8.46. The second-order valence-electron chi connectivity index (χ2n) is 5.35. The number of allylic oxidation sites excluding steroid dienone is 1. The van der Waals surface area contributed by atoms with Gasteiger partial charge in [0, 0.05) is 17.4 Å². The molecule has 1 aromatic carbocycles. The molecule has 0 spiro atoms. The van der Waals surface area contributed by atoms with Crippen LogP contribution in [0.1, 0.15) is 13.3 Å². The topological polar surface area (TPSA) is 88.0 Å². The van der Waals surface area contributed by atoms with Gasteiger partial charge in [0.05, 0.1) is 0 Å². The monoisotopic (exact) mass is 343 g/mol. The van der Waals surface area contributed by atoms with Crippen LogP contribution in [0, 0.1) is 0 Å². The quantitative estimate of drug-likeness (QED) is 0.408. The average molecular weight is 343 g/mol. The zero-order valence-electron chi connectivity index (χ0n) is 13.2. The Balaban J connectivity index is 2.27. The van der Waals surface area contributed by atoms with Gasteiger partial charge < -0.3 is 10.1 Å². The molecule has 0 radical (unpaired) electrons. The molecule has 2 heterocycles. The lowest BCUT2D eigenvalue weighted by molar-refractivity contribution is -0.136. The summed E-state index contributed by atoms with van der Waals surface area (Å²) in [6.45, 7) is 5.74. The molecular formula is C17H17N3O3S. The van der Waals surface area contributed by atoms with Crippen LogP contribution in [0.15, 0.2) is 46.9 Å². The predicted octanol–water partition coefficient (Wildman–Crippen LogP) is 3.02. The molecule has 6 nitrogen and oxygen atoms in total. The van der Waals surface area contributed by atoms with Crippen molar-refractivity contribution in [1.82, 2.24) is 14.5 Å². The molecule has 24 heavy (non-hydrogen) atoms. The fourth-order valence-electron chi connectivity index (χ4n) is 2.59. The van der Waals surface area contributed by atoms with Crippen molar-refractivity contribution < 1.29 is 9.90 Å². The number of hydrogen-bond donors (Lipinski definition) is 2. The maximum Gasteiger partial charge on any atom is 0.317 e. The summed E-state index contributed by atoms with van der Waals surface area (Å²) in [4.78, 5) is 31.9. The van der Waals surface area contributed by atoms with E-state index in [1.165, 1.54) is 4.57 Å². The van der Waals surface area contributed by atoms with Gasteiger partial charge in [0.2, 0.25) is 0 Å². The number of aromatic amines is 1. The van der Waals surface area contributed by atoms with E-state index in [2.05, 4.69) is 16.5 Å². The van der Waals surface area contributed by atoms with Crippen LogP contribution in [-0.2, 0) is 11.3 Å². The fourth-order valence-corrected chi connectivity index (χ4v) is 3.54. The summed E-state index contributed by atoms with van der Waals surface area (Å²) in [6.07, 6.45) is 2.04. The molecule has 0 unspecified atom stereocenters. The Hall–Kier alpha value is -2.54. The van der Waals surface area contributed by atoms with Gasteiger partial charge in [-0.3, -0.25) is 14.2 Å². The summed E-state index contributed by atoms with van der Waals surface area (Å²) in [5.74, 6) is -0.916. The van der Waals surface area contributed by atoms with Crippen molar-refractivity contribution in [3.63, 3.8) is 0 Å². The molecule has 0 bridgehead atoms. The normalized spacial score (nSPS) is 12.5. The molecule has 2 aromatic heterocycles. The predicted molar refractivity (Wildman–Crippen MR) is 95.6 cm³/mol. The molecule has 0 saturated carbocycles. The van der Waals surface area contributed by atoms with E-state index in [0.29, 0.717) is 22.6 Å². The highest BCUT2D eigenvalue weighted by molar-refractivity contribution is 8.00. The summed E-state index contributed by atoms with van der Waals surface area (Å²) in [7, 11) is 0. The molecule has 3 rings (SSSR count). The third kappa shape index (κ3) is 2.71. The highest BCUT2D eigenvalue weighted by Gasteiger charge is 2.22. The Kier molecular flexibility index (Phi) is 4.44. The third-order valence-electron chi connectivity index (χ3n) is 3.78. The molecule has 0 aliphatic rings. The van der Waals surface area contributed by atoms with Gasteiger partial charge in [-0.2, -0.15) is 0 Å². The van der Waals surface area contributed by atoms with Gasteiger partial charge in [0.1, 0.15) is 16.3 Å². The van der Waals surface area contributed by atoms with Crippen LogP contribution in [0.25, 0.3) is 21.9 Å². The van der Waals surface area contributed by atoms with Crippen molar-refractivity contribution in [3.8, 4) is 0 Å². The number of thioether (sulfide) groups is 1. The Labute approximate surface area is 142 Å². The Morgan fingerprint density at radius 3 is 2.92 bits per heavy atom. The minimum atomic E-state index is -0.916. The molecule has 0 aliphatic heterocycles. The van der Waals surface area contributed by atoms with Crippen LogP contribution in [0.5, 0.6) is 0 Å². The summed E-state index contributed by atoms with van der Waals surface area (Å²) in [5, 5.41) is 9.89. The maximum absolute atomic E-state index is 12.8. The lowest BCUT2D eigenvalue weighted by Crippen LogP contribution is -2.25. The lowest BCUT2D eigenvalue weighted by Gasteiger charge is -2.13. The molecule has 124 valence electrons. The van der Waals surface area contributed by atoms with Gasteiger partial charge in [-0.05, 0) is 12.5 Å². The largest absolute Gasteiger partial charge is 0.480 e. The molecule has 0 saturated heterocycles. The Morgan fingerprint density at radius 1 is 1.50 bits per heavy atom. The average Bonchev–Trinajstić information content (AvgIpc) is 2.94. The standard InChI is InChI=1S/C17H17N3O3S/c1-3-9-20-15(21)14-13(10-7-5-6-8-11(10)18-14)19-17(20)24-12(4-2)16(22)23/h3,5-8,12,18H,1,4,9H2,2H3,(H,22,23)/t12-/m0/s1. The van der Waals surface area contributed by atoms with Crippen LogP contribution >= 0.6 is 11.8 Å². The van der Waals surface area contributed by atoms with Crippen molar-refractivity contribution in [2.24, 2.45) is 0 Å². The number of aliphatic carboxylic acids is 1. The highest BCUT2D eigenvalue weighted by Crippen LogP contribution is 2.27. The number of aromatic nitrogens is 3. The summed E-state index contributed by atoms with van der Waals surface area (Å²) in [5.41, 5.74) is 1.60. The van der Waals surface area contributed by atoms with Crippen LogP contribution in [0.3, 0.4) is 0 Å². The van der Waals surface area contributed by atoms with Crippen molar-refractivity contribution in [1.29, 1.82) is 0 Å². The molecule has 0 fully saturated rings. The van der Waals surface area contributed by atoms with E-state index in [9.17, 15) is 14.7 Å².